The van der Waals surface area contributed by atoms with Gasteiger partial charge in [-0.1, -0.05) is 35.5 Å². The number of para-hydroxylation sites is 1. The van der Waals surface area contributed by atoms with Crippen molar-refractivity contribution >= 4 is 34.3 Å². The van der Waals surface area contributed by atoms with Gasteiger partial charge in [-0.25, -0.2) is 4.39 Å². The second-order valence-electron chi connectivity index (χ2n) is 5.77. The SMILES string of the molecule is O=c1c(Sc2ccc(Cl)cc2)c(-c2ccc(F)cc2)[nH]c2ccccc12. The Labute approximate surface area is 158 Å². The van der Waals surface area contributed by atoms with Gasteiger partial charge in [0.2, 0.25) is 5.43 Å². The average Bonchev–Trinajstić information content (AvgIpc) is 2.66. The van der Waals surface area contributed by atoms with Crippen molar-refractivity contribution in [3.63, 3.8) is 0 Å². The number of aromatic nitrogens is 1. The van der Waals surface area contributed by atoms with E-state index < -0.39 is 0 Å². The molecule has 0 bridgehead atoms. The zero-order chi connectivity index (χ0) is 18.1. The van der Waals surface area contributed by atoms with Crippen molar-refractivity contribution in [3.05, 3.63) is 93.9 Å². The maximum Gasteiger partial charge on any atom is 0.203 e. The third-order valence-electron chi connectivity index (χ3n) is 4.03. The number of fused-ring (bicyclic) bond motifs is 1. The van der Waals surface area contributed by atoms with Crippen LogP contribution in [0.1, 0.15) is 0 Å². The minimum Gasteiger partial charge on any atom is -0.353 e. The number of hydrogen-bond donors (Lipinski definition) is 1. The maximum absolute atomic E-state index is 13.3. The first-order valence-corrected chi connectivity index (χ1v) is 9.15. The van der Waals surface area contributed by atoms with E-state index >= 15 is 0 Å². The molecule has 0 amide bonds. The van der Waals surface area contributed by atoms with E-state index in [2.05, 4.69) is 4.98 Å². The Balaban J connectivity index is 1.94. The van der Waals surface area contributed by atoms with Gasteiger partial charge in [-0.05, 0) is 66.2 Å². The quantitative estimate of drug-likeness (QED) is 0.462. The lowest BCUT2D eigenvalue weighted by molar-refractivity contribution is 0.628. The molecule has 26 heavy (non-hydrogen) atoms. The summed E-state index contributed by atoms with van der Waals surface area (Å²) in [6, 6.07) is 20.8. The Hall–Kier alpha value is -2.56. The minimum absolute atomic E-state index is 0.0568. The topological polar surface area (TPSA) is 32.9 Å². The Morgan fingerprint density at radius 1 is 0.885 bits per heavy atom. The van der Waals surface area contributed by atoms with Gasteiger partial charge in [-0.3, -0.25) is 4.79 Å². The predicted octanol–water partition coefficient (Wildman–Crippen LogP) is 6.14. The van der Waals surface area contributed by atoms with Gasteiger partial charge in [0.15, 0.2) is 0 Å². The minimum atomic E-state index is -0.316. The van der Waals surface area contributed by atoms with Crippen LogP contribution in [-0.2, 0) is 0 Å². The summed E-state index contributed by atoms with van der Waals surface area (Å²) in [4.78, 5) is 17.9. The van der Waals surface area contributed by atoms with Crippen LogP contribution in [0, 0.1) is 5.82 Å². The van der Waals surface area contributed by atoms with E-state index in [0.717, 1.165) is 16.0 Å². The van der Waals surface area contributed by atoms with E-state index in [9.17, 15) is 9.18 Å². The van der Waals surface area contributed by atoms with E-state index in [1.165, 1.54) is 23.9 Å². The molecule has 1 aromatic heterocycles. The van der Waals surface area contributed by atoms with E-state index in [0.29, 0.717) is 21.0 Å². The molecule has 3 aromatic carbocycles. The zero-order valence-electron chi connectivity index (χ0n) is 13.5. The van der Waals surface area contributed by atoms with Gasteiger partial charge in [0.25, 0.3) is 0 Å². The number of H-pyrrole nitrogens is 1. The highest BCUT2D eigenvalue weighted by Crippen LogP contribution is 2.34. The summed E-state index contributed by atoms with van der Waals surface area (Å²) in [7, 11) is 0. The smallest absolute Gasteiger partial charge is 0.203 e. The fourth-order valence-corrected chi connectivity index (χ4v) is 3.86. The van der Waals surface area contributed by atoms with Crippen LogP contribution < -0.4 is 5.43 Å². The van der Waals surface area contributed by atoms with Crippen LogP contribution in [0.3, 0.4) is 0 Å². The maximum atomic E-state index is 13.3. The number of hydrogen-bond acceptors (Lipinski definition) is 2. The lowest BCUT2D eigenvalue weighted by Crippen LogP contribution is -2.08. The summed E-state index contributed by atoms with van der Waals surface area (Å²) in [5.41, 5.74) is 2.12. The molecule has 5 heteroatoms. The molecule has 0 saturated heterocycles. The average molecular weight is 382 g/mol. The van der Waals surface area contributed by atoms with Crippen molar-refractivity contribution in [2.75, 3.05) is 0 Å². The second-order valence-corrected chi connectivity index (χ2v) is 7.29. The molecule has 0 fully saturated rings. The van der Waals surface area contributed by atoms with Crippen LogP contribution in [0.25, 0.3) is 22.2 Å². The van der Waals surface area contributed by atoms with Gasteiger partial charge >= 0.3 is 0 Å². The van der Waals surface area contributed by atoms with Crippen molar-refractivity contribution in [2.24, 2.45) is 0 Å². The Morgan fingerprint density at radius 3 is 2.31 bits per heavy atom. The molecule has 0 radical (unpaired) electrons. The van der Waals surface area contributed by atoms with Crippen molar-refractivity contribution in [3.8, 4) is 11.3 Å². The van der Waals surface area contributed by atoms with Gasteiger partial charge in [0.1, 0.15) is 5.82 Å². The van der Waals surface area contributed by atoms with Crippen LogP contribution in [0.5, 0.6) is 0 Å². The van der Waals surface area contributed by atoms with E-state index in [1.54, 1.807) is 30.3 Å². The molecule has 0 aliphatic heterocycles. The molecule has 1 N–H and O–H groups in total. The highest BCUT2D eigenvalue weighted by atomic mass is 35.5. The lowest BCUT2D eigenvalue weighted by atomic mass is 10.1. The number of halogens is 2. The van der Waals surface area contributed by atoms with E-state index in [1.807, 2.05) is 30.3 Å². The van der Waals surface area contributed by atoms with Gasteiger partial charge in [-0.2, -0.15) is 0 Å². The molecule has 2 nitrogen and oxygen atoms in total. The number of rotatable bonds is 3. The molecule has 0 spiro atoms. The Kier molecular flexibility index (Phi) is 4.53. The first kappa shape index (κ1) is 16.9. The number of nitrogens with one attached hydrogen (secondary N) is 1. The Bertz CT molecular complexity index is 1140. The van der Waals surface area contributed by atoms with Gasteiger partial charge < -0.3 is 4.98 Å². The van der Waals surface area contributed by atoms with Crippen LogP contribution in [0.2, 0.25) is 5.02 Å². The molecule has 0 aliphatic carbocycles. The molecular weight excluding hydrogens is 369 g/mol. The van der Waals surface area contributed by atoms with E-state index in [-0.39, 0.29) is 11.2 Å². The van der Waals surface area contributed by atoms with Crippen molar-refractivity contribution < 1.29 is 4.39 Å². The number of pyridine rings is 1. The second kappa shape index (κ2) is 6.98. The van der Waals surface area contributed by atoms with Crippen LogP contribution >= 0.6 is 23.4 Å². The van der Waals surface area contributed by atoms with Crippen molar-refractivity contribution in [2.45, 2.75) is 9.79 Å². The highest BCUT2D eigenvalue weighted by molar-refractivity contribution is 7.99. The standard InChI is InChI=1S/C21H13ClFNOS/c22-14-7-11-16(12-8-14)26-21-19(13-5-9-15(23)10-6-13)24-18-4-2-1-3-17(18)20(21)25/h1-12H,(H,24,25). The molecule has 4 aromatic rings. The summed E-state index contributed by atoms with van der Waals surface area (Å²) in [6.07, 6.45) is 0. The lowest BCUT2D eigenvalue weighted by Gasteiger charge is -2.11. The normalized spacial score (nSPS) is 11.0. The molecule has 4 rings (SSSR count). The zero-order valence-corrected chi connectivity index (χ0v) is 15.1. The summed E-state index contributed by atoms with van der Waals surface area (Å²) in [5, 5.41) is 1.26. The summed E-state index contributed by atoms with van der Waals surface area (Å²) in [5.74, 6) is -0.316. The molecule has 128 valence electrons. The summed E-state index contributed by atoms with van der Waals surface area (Å²) in [6.45, 7) is 0. The van der Waals surface area contributed by atoms with Crippen molar-refractivity contribution in [1.29, 1.82) is 0 Å². The summed E-state index contributed by atoms with van der Waals surface area (Å²) >= 11 is 7.32. The fourth-order valence-electron chi connectivity index (χ4n) is 2.76. The molecular formula is C21H13ClFNOS. The van der Waals surface area contributed by atoms with Gasteiger partial charge in [0.05, 0.1) is 10.6 Å². The first-order valence-electron chi connectivity index (χ1n) is 7.96. The number of aromatic amines is 1. The molecule has 1 heterocycles. The third-order valence-corrected chi connectivity index (χ3v) is 5.38. The largest absolute Gasteiger partial charge is 0.353 e. The summed E-state index contributed by atoms with van der Waals surface area (Å²) < 4.78 is 13.3. The van der Waals surface area contributed by atoms with E-state index in [4.69, 9.17) is 11.6 Å². The molecule has 0 aliphatic rings. The van der Waals surface area contributed by atoms with Crippen LogP contribution in [0.15, 0.2) is 87.4 Å². The monoisotopic (exact) mass is 381 g/mol. The molecule has 0 saturated carbocycles. The fraction of sp³-hybridized carbons (Fsp3) is 0. The van der Waals surface area contributed by atoms with Crippen molar-refractivity contribution in [1.82, 2.24) is 4.98 Å². The molecule has 0 unspecified atom stereocenters. The van der Waals surface area contributed by atoms with Gasteiger partial charge in [0, 0.05) is 20.8 Å². The van der Waals surface area contributed by atoms with Gasteiger partial charge in [-0.15, -0.1) is 0 Å². The van der Waals surface area contributed by atoms with Crippen LogP contribution in [-0.4, -0.2) is 4.98 Å². The Morgan fingerprint density at radius 2 is 1.58 bits per heavy atom. The predicted molar refractivity (Wildman–Crippen MR) is 106 cm³/mol. The highest BCUT2D eigenvalue weighted by Gasteiger charge is 2.15. The third kappa shape index (κ3) is 3.26. The van der Waals surface area contributed by atoms with Crippen LogP contribution in [0.4, 0.5) is 4.39 Å². The molecule has 0 atom stereocenters. The number of benzene rings is 3. The first-order chi connectivity index (χ1) is 12.6.